The standard InChI is InChI=1S/C12H14N4O3/c1-2-19-10(17)8-13-11-14-12(18)16(15-11)9-6-4-3-5-7-9/h3-7H,2,8H2,1H3,(H2,13,14,15,18). The number of nitrogens with zero attached hydrogens (tertiary/aromatic N) is 2. The van der Waals surface area contributed by atoms with Gasteiger partial charge in [-0.25, -0.2) is 4.79 Å². The SMILES string of the molecule is CCOC(=O)CNc1nn(-c2ccccc2)c(=O)[nH]1. The smallest absolute Gasteiger partial charge is 0.349 e. The van der Waals surface area contributed by atoms with Gasteiger partial charge < -0.3 is 10.1 Å². The first-order chi connectivity index (χ1) is 9.20. The molecule has 0 saturated heterocycles. The lowest BCUT2D eigenvalue weighted by Gasteiger charge is -2.01. The number of esters is 1. The molecule has 0 saturated carbocycles. The van der Waals surface area contributed by atoms with Gasteiger partial charge in [-0.15, -0.1) is 5.10 Å². The molecule has 2 N–H and O–H groups in total. The second kappa shape index (κ2) is 5.85. The van der Waals surface area contributed by atoms with E-state index in [1.54, 1.807) is 19.1 Å². The van der Waals surface area contributed by atoms with E-state index in [0.29, 0.717) is 12.3 Å². The van der Waals surface area contributed by atoms with Crippen LogP contribution in [0.2, 0.25) is 0 Å². The molecular weight excluding hydrogens is 248 g/mol. The zero-order chi connectivity index (χ0) is 13.7. The molecule has 1 aromatic heterocycles. The fourth-order valence-electron chi connectivity index (χ4n) is 1.52. The molecule has 0 fully saturated rings. The highest BCUT2D eigenvalue weighted by atomic mass is 16.5. The van der Waals surface area contributed by atoms with Gasteiger partial charge in [-0.2, -0.15) is 4.68 Å². The van der Waals surface area contributed by atoms with Gasteiger partial charge in [0.15, 0.2) is 0 Å². The minimum Gasteiger partial charge on any atom is -0.465 e. The van der Waals surface area contributed by atoms with Gasteiger partial charge >= 0.3 is 11.7 Å². The Morgan fingerprint density at radius 1 is 1.42 bits per heavy atom. The fraction of sp³-hybridized carbons (Fsp3) is 0.250. The van der Waals surface area contributed by atoms with E-state index < -0.39 is 5.97 Å². The van der Waals surface area contributed by atoms with Gasteiger partial charge in [0.05, 0.1) is 12.3 Å². The fourth-order valence-corrected chi connectivity index (χ4v) is 1.52. The largest absolute Gasteiger partial charge is 0.465 e. The summed E-state index contributed by atoms with van der Waals surface area (Å²) >= 11 is 0. The van der Waals surface area contributed by atoms with Crippen molar-refractivity contribution in [2.24, 2.45) is 0 Å². The molecule has 1 aromatic carbocycles. The Labute approximate surface area is 109 Å². The summed E-state index contributed by atoms with van der Waals surface area (Å²) in [5.74, 6) is -0.181. The number of hydrogen-bond acceptors (Lipinski definition) is 5. The molecule has 0 spiro atoms. The Hall–Kier alpha value is -2.57. The number of carbonyl (C=O) groups excluding carboxylic acids is 1. The Bertz CT molecular complexity index is 603. The third-order valence-electron chi connectivity index (χ3n) is 2.32. The summed E-state index contributed by atoms with van der Waals surface area (Å²) in [5, 5.41) is 6.74. The summed E-state index contributed by atoms with van der Waals surface area (Å²) in [5.41, 5.74) is 0.269. The molecular formula is C12H14N4O3. The molecule has 2 aromatic rings. The third kappa shape index (κ3) is 3.21. The number of para-hydroxylation sites is 1. The van der Waals surface area contributed by atoms with Crippen LogP contribution >= 0.6 is 0 Å². The molecule has 19 heavy (non-hydrogen) atoms. The molecule has 0 bridgehead atoms. The van der Waals surface area contributed by atoms with Gasteiger partial charge in [0.2, 0.25) is 5.95 Å². The number of nitrogens with one attached hydrogen (secondary N) is 2. The zero-order valence-electron chi connectivity index (χ0n) is 10.4. The minimum absolute atomic E-state index is 0.0460. The summed E-state index contributed by atoms with van der Waals surface area (Å²) in [6, 6.07) is 8.99. The molecule has 2 rings (SSSR count). The average molecular weight is 262 g/mol. The summed E-state index contributed by atoms with van der Waals surface area (Å²) in [6.07, 6.45) is 0. The van der Waals surface area contributed by atoms with Crippen LogP contribution in [-0.4, -0.2) is 33.9 Å². The van der Waals surface area contributed by atoms with Gasteiger partial charge in [0.1, 0.15) is 6.54 Å². The van der Waals surface area contributed by atoms with Crippen LogP contribution in [0.1, 0.15) is 6.92 Å². The molecule has 0 aliphatic rings. The number of carbonyl (C=O) groups is 1. The summed E-state index contributed by atoms with van der Waals surface area (Å²) in [7, 11) is 0. The minimum atomic E-state index is -0.405. The number of aromatic nitrogens is 3. The lowest BCUT2D eigenvalue weighted by atomic mass is 10.3. The van der Waals surface area contributed by atoms with Crippen molar-refractivity contribution in [3.05, 3.63) is 40.8 Å². The maximum atomic E-state index is 11.7. The van der Waals surface area contributed by atoms with Crippen LogP contribution in [0.5, 0.6) is 0 Å². The average Bonchev–Trinajstić information content (AvgIpc) is 2.79. The Kier molecular flexibility index (Phi) is 3.97. The van der Waals surface area contributed by atoms with Crippen molar-refractivity contribution < 1.29 is 9.53 Å². The summed E-state index contributed by atoms with van der Waals surface area (Å²) in [4.78, 5) is 25.4. The first-order valence-corrected chi connectivity index (χ1v) is 5.85. The number of ether oxygens (including phenoxy) is 1. The van der Waals surface area contributed by atoms with Gasteiger partial charge in [-0.3, -0.25) is 9.78 Å². The third-order valence-corrected chi connectivity index (χ3v) is 2.32. The number of aromatic amines is 1. The van der Waals surface area contributed by atoms with Crippen LogP contribution in [0.25, 0.3) is 5.69 Å². The van der Waals surface area contributed by atoms with Gasteiger partial charge in [-0.1, -0.05) is 18.2 Å². The van der Waals surface area contributed by atoms with E-state index in [2.05, 4.69) is 15.4 Å². The molecule has 100 valence electrons. The molecule has 1 heterocycles. The highest BCUT2D eigenvalue weighted by Crippen LogP contribution is 2.03. The number of H-pyrrole nitrogens is 1. The summed E-state index contributed by atoms with van der Waals surface area (Å²) < 4.78 is 5.97. The quantitative estimate of drug-likeness (QED) is 0.767. The first kappa shape index (κ1) is 12.9. The predicted molar refractivity (Wildman–Crippen MR) is 69.3 cm³/mol. The van der Waals surface area contributed by atoms with Crippen LogP contribution in [0.15, 0.2) is 35.1 Å². The molecule has 0 aliphatic heterocycles. The van der Waals surface area contributed by atoms with E-state index in [-0.39, 0.29) is 18.2 Å². The normalized spacial score (nSPS) is 10.2. The number of anilines is 1. The van der Waals surface area contributed by atoms with Crippen molar-refractivity contribution in [3.8, 4) is 5.69 Å². The number of rotatable bonds is 5. The van der Waals surface area contributed by atoms with Gasteiger partial charge in [0.25, 0.3) is 0 Å². The van der Waals surface area contributed by atoms with Crippen molar-refractivity contribution in [3.63, 3.8) is 0 Å². The first-order valence-electron chi connectivity index (χ1n) is 5.85. The molecule has 0 unspecified atom stereocenters. The van der Waals surface area contributed by atoms with Crippen molar-refractivity contribution >= 4 is 11.9 Å². The lowest BCUT2D eigenvalue weighted by molar-refractivity contribution is -0.140. The van der Waals surface area contributed by atoms with Crippen LogP contribution < -0.4 is 11.0 Å². The second-order valence-corrected chi connectivity index (χ2v) is 3.68. The molecule has 0 atom stereocenters. The maximum absolute atomic E-state index is 11.7. The molecule has 0 radical (unpaired) electrons. The Balaban J connectivity index is 2.09. The lowest BCUT2D eigenvalue weighted by Crippen LogP contribution is -2.17. The monoisotopic (exact) mass is 262 g/mol. The number of benzene rings is 1. The molecule has 0 amide bonds. The van der Waals surface area contributed by atoms with Crippen molar-refractivity contribution in [1.82, 2.24) is 14.8 Å². The van der Waals surface area contributed by atoms with Crippen molar-refractivity contribution in [2.75, 3.05) is 18.5 Å². The predicted octanol–water partition coefficient (Wildman–Crippen LogP) is 0.536. The van der Waals surface area contributed by atoms with E-state index in [4.69, 9.17) is 4.74 Å². The van der Waals surface area contributed by atoms with Crippen LogP contribution in [0.4, 0.5) is 5.95 Å². The van der Waals surface area contributed by atoms with E-state index >= 15 is 0 Å². The molecule has 0 aliphatic carbocycles. The zero-order valence-corrected chi connectivity index (χ0v) is 10.4. The second-order valence-electron chi connectivity index (χ2n) is 3.68. The molecule has 7 nitrogen and oxygen atoms in total. The van der Waals surface area contributed by atoms with Crippen LogP contribution in [0, 0.1) is 0 Å². The van der Waals surface area contributed by atoms with Crippen molar-refractivity contribution in [2.45, 2.75) is 6.92 Å². The van der Waals surface area contributed by atoms with E-state index in [0.717, 1.165) is 0 Å². The van der Waals surface area contributed by atoms with Crippen molar-refractivity contribution in [1.29, 1.82) is 0 Å². The maximum Gasteiger partial charge on any atom is 0.349 e. The van der Waals surface area contributed by atoms with Gasteiger partial charge in [-0.05, 0) is 19.1 Å². The van der Waals surface area contributed by atoms with Crippen LogP contribution in [-0.2, 0) is 9.53 Å². The number of hydrogen-bond donors (Lipinski definition) is 2. The molecule has 7 heteroatoms. The summed E-state index contributed by atoms with van der Waals surface area (Å²) in [6.45, 7) is 2.00. The van der Waals surface area contributed by atoms with Gasteiger partial charge in [0, 0.05) is 0 Å². The van der Waals surface area contributed by atoms with E-state index in [1.807, 2.05) is 18.2 Å². The Morgan fingerprint density at radius 2 is 2.16 bits per heavy atom. The van der Waals surface area contributed by atoms with E-state index in [1.165, 1.54) is 4.68 Å². The van der Waals surface area contributed by atoms with Crippen LogP contribution in [0.3, 0.4) is 0 Å². The highest BCUT2D eigenvalue weighted by molar-refractivity contribution is 5.74. The highest BCUT2D eigenvalue weighted by Gasteiger charge is 2.08. The van der Waals surface area contributed by atoms with E-state index in [9.17, 15) is 9.59 Å². The topological polar surface area (TPSA) is 89.0 Å². The Morgan fingerprint density at radius 3 is 2.84 bits per heavy atom.